The van der Waals surface area contributed by atoms with Crippen LogP contribution in [0.25, 0.3) is 0 Å². The van der Waals surface area contributed by atoms with Crippen LogP contribution in [0.2, 0.25) is 0 Å². The second kappa shape index (κ2) is 6.85. The summed E-state index contributed by atoms with van der Waals surface area (Å²) in [5, 5.41) is 14.1. The Morgan fingerprint density at radius 1 is 1.43 bits per heavy atom. The zero-order valence-corrected chi connectivity index (χ0v) is 14.1. The summed E-state index contributed by atoms with van der Waals surface area (Å²) in [6.07, 6.45) is 4.07. The normalized spacial score (nSPS) is 22.2. The number of aliphatic hydroxyl groups is 1. The molecule has 1 aliphatic heterocycles. The van der Waals surface area contributed by atoms with Crippen LogP contribution >= 0.6 is 24.0 Å². The van der Waals surface area contributed by atoms with Crippen molar-refractivity contribution in [1.29, 1.82) is 0 Å². The van der Waals surface area contributed by atoms with Crippen molar-refractivity contribution in [2.24, 2.45) is 7.05 Å². The lowest BCUT2D eigenvalue weighted by Gasteiger charge is -2.23. The molecule has 114 valence electrons. The van der Waals surface area contributed by atoms with E-state index in [1.807, 2.05) is 25.5 Å². The van der Waals surface area contributed by atoms with Crippen molar-refractivity contribution < 1.29 is 9.50 Å². The topological polar surface area (TPSA) is 41.3 Å². The zero-order chi connectivity index (χ0) is 14.1. The van der Waals surface area contributed by atoms with E-state index in [0.717, 1.165) is 11.1 Å². The third-order valence-corrected chi connectivity index (χ3v) is 3.76. The van der Waals surface area contributed by atoms with Crippen LogP contribution in [-0.4, -0.2) is 32.4 Å². The van der Waals surface area contributed by atoms with Gasteiger partial charge in [-0.3, -0.25) is 9.58 Å². The molecule has 2 unspecified atom stereocenters. The van der Waals surface area contributed by atoms with E-state index in [-0.39, 0.29) is 41.9 Å². The summed E-state index contributed by atoms with van der Waals surface area (Å²) >= 11 is 0. The van der Waals surface area contributed by atoms with Crippen LogP contribution in [0.3, 0.4) is 0 Å². The van der Waals surface area contributed by atoms with Gasteiger partial charge in [0.15, 0.2) is 0 Å². The van der Waals surface area contributed by atoms with Gasteiger partial charge in [0.05, 0.1) is 12.3 Å². The molecular formula is C15H19FIN3O. The molecule has 2 heterocycles. The fourth-order valence-corrected chi connectivity index (χ4v) is 2.90. The average Bonchev–Trinajstić information content (AvgIpc) is 2.96. The largest absolute Gasteiger partial charge is 0.392 e. The number of rotatable bonds is 3. The van der Waals surface area contributed by atoms with Crippen molar-refractivity contribution in [3.05, 3.63) is 53.6 Å². The van der Waals surface area contributed by atoms with E-state index in [4.69, 9.17) is 0 Å². The third kappa shape index (κ3) is 3.81. The monoisotopic (exact) mass is 403 g/mol. The highest BCUT2D eigenvalue weighted by Crippen LogP contribution is 2.33. The Hall–Kier alpha value is -0.990. The maximum atomic E-state index is 13.4. The molecule has 4 nitrogen and oxygen atoms in total. The Morgan fingerprint density at radius 2 is 2.24 bits per heavy atom. The molecule has 1 aliphatic rings. The molecule has 0 saturated carbocycles. The number of benzene rings is 1. The number of aliphatic hydroxyl groups excluding tert-OH is 1. The van der Waals surface area contributed by atoms with Crippen LogP contribution < -0.4 is 0 Å². The Kier molecular flexibility index (Phi) is 5.34. The standard InChI is InChI=1S/C15H18FN3O.HI/c1-18-8-11(7-17-18)9-19-10-14(20)6-15(19)12-3-2-4-13(16)5-12;/h2-5,7-8,14-15,20H,6,9-10H2,1H3;1H. The van der Waals surface area contributed by atoms with Gasteiger partial charge in [0.25, 0.3) is 0 Å². The summed E-state index contributed by atoms with van der Waals surface area (Å²) < 4.78 is 15.1. The van der Waals surface area contributed by atoms with Gasteiger partial charge in [0, 0.05) is 37.9 Å². The maximum absolute atomic E-state index is 13.4. The first-order chi connectivity index (χ1) is 9.61. The highest BCUT2D eigenvalue weighted by molar-refractivity contribution is 14.0. The Morgan fingerprint density at radius 3 is 2.90 bits per heavy atom. The maximum Gasteiger partial charge on any atom is 0.123 e. The van der Waals surface area contributed by atoms with E-state index in [9.17, 15) is 9.50 Å². The van der Waals surface area contributed by atoms with Gasteiger partial charge in [-0.25, -0.2) is 4.39 Å². The van der Waals surface area contributed by atoms with E-state index >= 15 is 0 Å². The highest BCUT2D eigenvalue weighted by atomic mass is 127. The van der Waals surface area contributed by atoms with Gasteiger partial charge < -0.3 is 5.11 Å². The molecule has 0 radical (unpaired) electrons. The van der Waals surface area contributed by atoms with Crippen molar-refractivity contribution >= 4 is 24.0 Å². The van der Waals surface area contributed by atoms with Gasteiger partial charge in [0.2, 0.25) is 0 Å². The minimum Gasteiger partial charge on any atom is -0.392 e. The van der Waals surface area contributed by atoms with Crippen LogP contribution in [0.15, 0.2) is 36.7 Å². The summed E-state index contributed by atoms with van der Waals surface area (Å²) in [6, 6.07) is 6.69. The van der Waals surface area contributed by atoms with Gasteiger partial charge in [-0.2, -0.15) is 5.10 Å². The van der Waals surface area contributed by atoms with Gasteiger partial charge in [-0.15, -0.1) is 24.0 Å². The van der Waals surface area contributed by atoms with E-state index in [1.165, 1.54) is 6.07 Å². The van der Waals surface area contributed by atoms with Crippen LogP contribution in [-0.2, 0) is 13.6 Å². The van der Waals surface area contributed by atoms with E-state index in [2.05, 4.69) is 10.00 Å². The van der Waals surface area contributed by atoms with Gasteiger partial charge in [-0.1, -0.05) is 12.1 Å². The SMILES string of the molecule is Cn1cc(CN2CC(O)CC2c2cccc(F)c2)cn1.I. The zero-order valence-electron chi connectivity index (χ0n) is 11.8. The highest BCUT2D eigenvalue weighted by Gasteiger charge is 2.32. The molecule has 6 heteroatoms. The summed E-state index contributed by atoms with van der Waals surface area (Å²) in [6.45, 7) is 1.32. The smallest absolute Gasteiger partial charge is 0.123 e. The predicted octanol–water partition coefficient (Wildman–Crippen LogP) is 2.49. The lowest BCUT2D eigenvalue weighted by atomic mass is 10.0. The molecule has 2 aromatic rings. The summed E-state index contributed by atoms with van der Waals surface area (Å²) in [5.41, 5.74) is 2.02. The van der Waals surface area contributed by atoms with E-state index in [0.29, 0.717) is 19.5 Å². The number of β-amino-alcohol motifs (C(OH)–C–C–N with tert-alkyl or cyclic N) is 1. The first kappa shape index (κ1) is 16.4. The molecule has 1 N–H and O–H groups in total. The van der Waals surface area contributed by atoms with E-state index < -0.39 is 0 Å². The van der Waals surface area contributed by atoms with Gasteiger partial charge in [-0.05, 0) is 24.1 Å². The number of nitrogens with zero attached hydrogens (tertiary/aromatic N) is 3. The molecule has 1 aromatic carbocycles. The number of aromatic nitrogens is 2. The lowest BCUT2D eigenvalue weighted by Crippen LogP contribution is -2.24. The van der Waals surface area contributed by atoms with Crippen LogP contribution in [0.5, 0.6) is 0 Å². The second-order valence-corrected chi connectivity index (χ2v) is 5.41. The molecule has 1 aromatic heterocycles. The molecule has 21 heavy (non-hydrogen) atoms. The van der Waals surface area contributed by atoms with Crippen LogP contribution in [0, 0.1) is 5.82 Å². The Bertz CT molecular complexity index is 604. The molecule has 3 rings (SSSR count). The number of hydrogen-bond acceptors (Lipinski definition) is 3. The van der Waals surface area contributed by atoms with Crippen molar-refractivity contribution in [2.45, 2.75) is 25.1 Å². The molecule has 1 saturated heterocycles. The first-order valence-corrected chi connectivity index (χ1v) is 6.77. The van der Waals surface area contributed by atoms with Gasteiger partial charge in [0.1, 0.15) is 5.82 Å². The quantitative estimate of drug-likeness (QED) is 0.801. The van der Waals surface area contributed by atoms with Crippen molar-refractivity contribution in [3.63, 3.8) is 0 Å². The van der Waals surface area contributed by atoms with Crippen LogP contribution in [0.4, 0.5) is 4.39 Å². The Balaban J connectivity index is 0.00000161. The van der Waals surface area contributed by atoms with Crippen molar-refractivity contribution in [1.82, 2.24) is 14.7 Å². The minimum atomic E-state index is -0.361. The Labute approximate surface area is 140 Å². The minimum absolute atomic E-state index is 0. The van der Waals surface area contributed by atoms with Crippen LogP contribution in [0.1, 0.15) is 23.6 Å². The second-order valence-electron chi connectivity index (χ2n) is 5.41. The molecule has 1 fully saturated rings. The first-order valence-electron chi connectivity index (χ1n) is 6.77. The third-order valence-electron chi connectivity index (χ3n) is 3.76. The lowest BCUT2D eigenvalue weighted by molar-refractivity contribution is 0.172. The number of hydrogen-bond donors (Lipinski definition) is 1. The molecule has 0 amide bonds. The predicted molar refractivity (Wildman–Crippen MR) is 88.8 cm³/mol. The number of aryl methyl sites for hydroxylation is 1. The van der Waals surface area contributed by atoms with Crippen molar-refractivity contribution in [3.8, 4) is 0 Å². The fourth-order valence-electron chi connectivity index (χ4n) is 2.90. The summed E-state index contributed by atoms with van der Waals surface area (Å²) in [4.78, 5) is 2.18. The summed E-state index contributed by atoms with van der Waals surface area (Å²) in [5.74, 6) is -0.231. The number of likely N-dealkylation sites (tertiary alicyclic amines) is 1. The van der Waals surface area contributed by atoms with E-state index in [1.54, 1.807) is 16.8 Å². The average molecular weight is 403 g/mol. The summed E-state index contributed by atoms with van der Waals surface area (Å²) in [7, 11) is 1.88. The molecule has 0 aliphatic carbocycles. The fraction of sp³-hybridized carbons (Fsp3) is 0.400. The number of halogens is 2. The molecule has 0 bridgehead atoms. The molecule has 0 spiro atoms. The molecule has 2 atom stereocenters. The van der Waals surface area contributed by atoms with Gasteiger partial charge >= 0.3 is 0 Å². The molecular weight excluding hydrogens is 384 g/mol. The van der Waals surface area contributed by atoms with Crippen molar-refractivity contribution in [2.75, 3.05) is 6.54 Å².